The molecule has 1 saturated carbocycles. The molecule has 164 valence electrons. The third-order valence-electron chi connectivity index (χ3n) is 5.92. The van der Waals surface area contributed by atoms with E-state index in [9.17, 15) is 22.8 Å². The summed E-state index contributed by atoms with van der Waals surface area (Å²) in [4.78, 5) is 34.5. The third kappa shape index (κ3) is 4.71. The fourth-order valence-corrected chi connectivity index (χ4v) is 4.99. The van der Waals surface area contributed by atoms with E-state index >= 15 is 0 Å². The van der Waals surface area contributed by atoms with Gasteiger partial charge in [0.2, 0.25) is 0 Å². The Balaban J connectivity index is 1.75. The summed E-state index contributed by atoms with van der Waals surface area (Å²) in [7, 11) is 0. The van der Waals surface area contributed by atoms with Crippen molar-refractivity contribution in [2.75, 3.05) is 0 Å². The van der Waals surface area contributed by atoms with Crippen LogP contribution in [0, 0.1) is 5.92 Å². The molecular weight excluding hydrogens is 427 g/mol. The summed E-state index contributed by atoms with van der Waals surface area (Å²) in [6.07, 6.45) is 3.95. The molecule has 1 atom stereocenters. The van der Waals surface area contributed by atoms with Gasteiger partial charge in [0.25, 0.3) is 5.56 Å². The molecule has 2 heterocycles. The Morgan fingerprint density at radius 1 is 1.19 bits per heavy atom. The maximum absolute atomic E-state index is 13.3. The third-order valence-corrected chi connectivity index (χ3v) is 6.69. The first-order valence-corrected chi connectivity index (χ1v) is 11.2. The van der Waals surface area contributed by atoms with Crippen LogP contribution in [0.4, 0.5) is 13.2 Å². The lowest BCUT2D eigenvalue weighted by atomic mass is 9.83. The van der Waals surface area contributed by atoms with E-state index in [-0.39, 0.29) is 23.1 Å². The molecule has 4 rings (SSSR count). The number of fused-ring (bicyclic) bond motifs is 1. The van der Waals surface area contributed by atoms with Gasteiger partial charge >= 0.3 is 6.18 Å². The van der Waals surface area contributed by atoms with E-state index in [0.717, 1.165) is 44.5 Å². The minimum Gasteiger partial charge on any atom is -0.297 e. The Labute approximate surface area is 181 Å². The molecular formula is C22H22F3N3O2S. The molecule has 1 aliphatic carbocycles. The molecule has 0 N–H and O–H groups in total. The predicted octanol–water partition coefficient (Wildman–Crippen LogP) is 5.20. The minimum atomic E-state index is -4.62. The topological polar surface area (TPSA) is 64.8 Å². The van der Waals surface area contributed by atoms with Gasteiger partial charge in [-0.05, 0) is 24.5 Å². The number of benzene rings is 1. The van der Waals surface area contributed by atoms with Crippen molar-refractivity contribution in [1.29, 1.82) is 0 Å². The fraction of sp³-hybridized carbons (Fsp3) is 0.455. The number of carbonyl (C=O) groups is 1. The van der Waals surface area contributed by atoms with Crippen molar-refractivity contribution < 1.29 is 18.0 Å². The summed E-state index contributed by atoms with van der Waals surface area (Å²) in [6.45, 7) is 0. The number of Topliss-reactive ketones (excluding diaryl/α,β-unsaturated/α-hetero) is 1. The Hall–Kier alpha value is -2.55. The lowest BCUT2D eigenvalue weighted by Gasteiger charge is -2.27. The van der Waals surface area contributed by atoms with Gasteiger partial charge in [-0.2, -0.15) is 13.2 Å². The lowest BCUT2D eigenvalue weighted by molar-refractivity contribution is -0.136. The first kappa shape index (κ1) is 21.7. The second-order valence-corrected chi connectivity index (χ2v) is 8.96. The van der Waals surface area contributed by atoms with Crippen LogP contribution in [0.25, 0.3) is 10.9 Å². The number of rotatable bonds is 6. The number of thiazole rings is 1. The molecule has 0 spiro atoms. The van der Waals surface area contributed by atoms with Crippen LogP contribution < -0.4 is 5.56 Å². The van der Waals surface area contributed by atoms with Gasteiger partial charge < -0.3 is 0 Å². The number of ketones is 1. The first-order chi connectivity index (χ1) is 14.8. The zero-order chi connectivity index (χ0) is 22.0. The second kappa shape index (κ2) is 8.90. The molecule has 31 heavy (non-hydrogen) atoms. The smallest absolute Gasteiger partial charge is 0.297 e. The van der Waals surface area contributed by atoms with Crippen LogP contribution in [-0.2, 0) is 17.4 Å². The number of halogens is 3. The first-order valence-electron chi connectivity index (χ1n) is 10.3. The van der Waals surface area contributed by atoms with Crippen LogP contribution in [-0.4, -0.2) is 20.3 Å². The molecule has 0 saturated heterocycles. The van der Waals surface area contributed by atoms with Crippen molar-refractivity contribution in [3.63, 3.8) is 0 Å². The molecule has 9 heteroatoms. The Bertz CT molecular complexity index is 1120. The highest BCUT2D eigenvalue weighted by atomic mass is 32.1. The van der Waals surface area contributed by atoms with Gasteiger partial charge in [0.15, 0.2) is 5.78 Å². The van der Waals surface area contributed by atoms with Crippen LogP contribution >= 0.6 is 11.3 Å². The van der Waals surface area contributed by atoms with E-state index in [1.807, 2.05) is 0 Å². The number of hydrogen-bond donors (Lipinski definition) is 0. The van der Waals surface area contributed by atoms with E-state index < -0.39 is 23.3 Å². The molecule has 2 aromatic heterocycles. The van der Waals surface area contributed by atoms with Crippen molar-refractivity contribution in [1.82, 2.24) is 14.5 Å². The Kier molecular flexibility index (Phi) is 6.22. The largest absolute Gasteiger partial charge is 0.418 e. The molecule has 1 aliphatic rings. The van der Waals surface area contributed by atoms with E-state index in [1.54, 1.807) is 11.6 Å². The van der Waals surface area contributed by atoms with Crippen LogP contribution in [0.2, 0.25) is 0 Å². The number of carbonyl (C=O) groups excluding carboxylic acids is 1. The summed E-state index contributed by atoms with van der Waals surface area (Å²) in [6, 6.07) is 2.67. The van der Waals surface area contributed by atoms with Crippen LogP contribution in [0.5, 0.6) is 0 Å². The summed E-state index contributed by atoms with van der Waals surface area (Å²) in [5.74, 6) is 0.124. The SMILES string of the molecule is O=C(Cc1nccs1)C(CC1CCCCC1)n1cnc2c(C(F)(F)F)cccc2c1=O. The van der Waals surface area contributed by atoms with Crippen LogP contribution in [0.1, 0.15) is 55.1 Å². The van der Waals surface area contributed by atoms with E-state index in [0.29, 0.717) is 17.3 Å². The molecule has 0 radical (unpaired) electrons. The van der Waals surface area contributed by atoms with Crippen molar-refractivity contribution in [2.24, 2.45) is 5.92 Å². The molecule has 1 fully saturated rings. The van der Waals surface area contributed by atoms with E-state index in [1.165, 1.54) is 28.0 Å². The number of aromatic nitrogens is 3. The highest BCUT2D eigenvalue weighted by molar-refractivity contribution is 7.09. The van der Waals surface area contributed by atoms with Crippen LogP contribution in [0.15, 0.2) is 40.9 Å². The van der Waals surface area contributed by atoms with Gasteiger partial charge in [-0.1, -0.05) is 38.2 Å². The molecule has 0 aliphatic heterocycles. The zero-order valence-corrected chi connectivity index (χ0v) is 17.6. The Morgan fingerprint density at radius 2 is 1.97 bits per heavy atom. The zero-order valence-electron chi connectivity index (χ0n) is 16.8. The molecule has 3 aromatic rings. The molecule has 1 aromatic carbocycles. The molecule has 0 amide bonds. The van der Waals surface area contributed by atoms with Gasteiger partial charge in [0, 0.05) is 11.6 Å². The summed E-state index contributed by atoms with van der Waals surface area (Å²) >= 11 is 1.36. The normalized spacial score (nSPS) is 16.5. The van der Waals surface area contributed by atoms with Crippen molar-refractivity contribution >= 4 is 28.0 Å². The fourth-order valence-electron chi connectivity index (χ4n) is 4.36. The van der Waals surface area contributed by atoms with Gasteiger partial charge in [0.1, 0.15) is 0 Å². The average Bonchev–Trinajstić information content (AvgIpc) is 3.25. The second-order valence-electron chi connectivity index (χ2n) is 7.98. The molecule has 1 unspecified atom stereocenters. The number of para-hydroxylation sites is 1. The lowest BCUT2D eigenvalue weighted by Crippen LogP contribution is -2.33. The van der Waals surface area contributed by atoms with E-state index in [2.05, 4.69) is 9.97 Å². The predicted molar refractivity (Wildman–Crippen MR) is 112 cm³/mol. The highest BCUT2D eigenvalue weighted by Gasteiger charge is 2.34. The quantitative estimate of drug-likeness (QED) is 0.519. The standard InChI is InChI=1S/C22H22F3N3O2S/c23-22(24,25)16-8-4-7-15-20(16)27-13-28(21(15)30)17(11-14-5-2-1-3-6-14)18(29)12-19-26-9-10-31-19/h4,7-10,13-14,17H,1-3,5-6,11-12H2. The number of hydrogen-bond acceptors (Lipinski definition) is 5. The van der Waals surface area contributed by atoms with Crippen molar-refractivity contribution in [2.45, 2.75) is 57.2 Å². The maximum atomic E-state index is 13.3. The van der Waals surface area contributed by atoms with Crippen LogP contribution in [0.3, 0.4) is 0 Å². The molecule has 5 nitrogen and oxygen atoms in total. The highest BCUT2D eigenvalue weighted by Crippen LogP contribution is 2.34. The number of alkyl halides is 3. The van der Waals surface area contributed by atoms with Gasteiger partial charge in [-0.25, -0.2) is 9.97 Å². The summed E-state index contributed by atoms with van der Waals surface area (Å²) in [5, 5.41) is 2.30. The van der Waals surface area contributed by atoms with Gasteiger partial charge in [-0.15, -0.1) is 11.3 Å². The van der Waals surface area contributed by atoms with E-state index in [4.69, 9.17) is 0 Å². The van der Waals surface area contributed by atoms with Gasteiger partial charge in [0.05, 0.1) is 40.3 Å². The minimum absolute atomic E-state index is 0.0854. The number of nitrogens with zero attached hydrogens (tertiary/aromatic N) is 3. The van der Waals surface area contributed by atoms with Crippen molar-refractivity contribution in [3.05, 3.63) is 57.0 Å². The monoisotopic (exact) mass is 449 g/mol. The average molecular weight is 449 g/mol. The summed E-state index contributed by atoms with van der Waals surface area (Å²) in [5.41, 5.74) is -1.96. The summed E-state index contributed by atoms with van der Waals surface area (Å²) < 4.78 is 41.3. The molecule has 0 bridgehead atoms. The maximum Gasteiger partial charge on any atom is 0.418 e. The van der Waals surface area contributed by atoms with Crippen molar-refractivity contribution in [3.8, 4) is 0 Å². The van der Waals surface area contributed by atoms with Gasteiger partial charge in [-0.3, -0.25) is 14.2 Å². The Morgan fingerprint density at radius 3 is 2.65 bits per heavy atom.